The number of aliphatic hydroxyl groups excluding tert-OH is 1. The van der Waals surface area contributed by atoms with E-state index in [-0.39, 0.29) is 52.2 Å². The maximum atomic E-state index is 13.7. The maximum Gasteiger partial charge on any atom is 0.333 e. The van der Waals surface area contributed by atoms with Crippen LogP contribution in [0.1, 0.15) is 91.0 Å². The van der Waals surface area contributed by atoms with E-state index < -0.39 is 16.9 Å². The first-order chi connectivity index (χ1) is 19.3. The number of nitrogens with zero attached hydrogens (tertiary/aromatic N) is 2. The monoisotopic (exact) mass is 569 g/mol. The lowest BCUT2D eigenvalue weighted by atomic mass is 9.46. The summed E-state index contributed by atoms with van der Waals surface area (Å²) in [6.45, 7) is 9.82. The molecule has 0 aromatic carbocycles. The van der Waals surface area contributed by atoms with Gasteiger partial charge >= 0.3 is 5.69 Å². The van der Waals surface area contributed by atoms with Crippen LogP contribution in [-0.4, -0.2) is 38.1 Å². The molecule has 8 heteroatoms. The second-order valence-electron chi connectivity index (χ2n) is 15.1. The van der Waals surface area contributed by atoms with Crippen LogP contribution in [0, 0.1) is 46.3 Å². The van der Waals surface area contributed by atoms with Crippen molar-refractivity contribution >= 4 is 0 Å². The highest BCUT2D eigenvalue weighted by Gasteiger charge is 2.69. The summed E-state index contributed by atoms with van der Waals surface area (Å²) < 4.78 is 9.47. The number of ether oxygens (including phenoxy) is 1. The summed E-state index contributed by atoms with van der Waals surface area (Å²) in [5, 5.41) is 21.7. The van der Waals surface area contributed by atoms with E-state index in [0.29, 0.717) is 30.7 Å². The lowest BCUT2D eigenvalue weighted by Crippen LogP contribution is -2.52. The Hall–Kier alpha value is -1.90. The van der Waals surface area contributed by atoms with Gasteiger partial charge in [-0.15, -0.1) is 0 Å². The molecule has 4 fully saturated rings. The van der Waals surface area contributed by atoms with Gasteiger partial charge in [0.15, 0.2) is 0 Å². The minimum absolute atomic E-state index is 0.000339. The highest BCUT2D eigenvalue weighted by Crippen LogP contribution is 2.71. The summed E-state index contributed by atoms with van der Waals surface area (Å²) in [7, 11) is 3.00. The molecule has 1 aromatic heterocycles. The van der Waals surface area contributed by atoms with Crippen LogP contribution in [-0.2, 0) is 24.4 Å². The molecule has 3 saturated carbocycles. The molecular weight excluding hydrogens is 518 g/mol. The first-order valence-corrected chi connectivity index (χ1v) is 16.0. The average molecular weight is 570 g/mol. The third-order valence-corrected chi connectivity index (χ3v) is 13.3. The van der Waals surface area contributed by atoms with E-state index in [0.717, 1.165) is 49.5 Å². The van der Waals surface area contributed by atoms with Crippen molar-refractivity contribution in [2.24, 2.45) is 66.2 Å². The molecule has 1 saturated heterocycles. The zero-order valence-electron chi connectivity index (χ0n) is 25.9. The van der Waals surface area contributed by atoms with Crippen molar-refractivity contribution < 1.29 is 14.9 Å². The molecule has 0 amide bonds. The van der Waals surface area contributed by atoms with Crippen molar-refractivity contribution in [2.45, 2.75) is 103 Å². The van der Waals surface area contributed by atoms with Gasteiger partial charge in [0.05, 0.1) is 12.2 Å². The standard InChI is InChI=1S/C33H51N3O5/c1-18(17-34)9-14-33(27-28(38)35(5)30(40)36(6)29(27)39)19(2)26-25(41-33)16-24-22-8-7-20-15-21(37)10-12-31(20,3)23(22)11-13-32(24,26)4/h7,18-19,21-26,37-38H,8-17,34H2,1-6H3/t18-,19-,21+,22+,23-,24-,25-,26-,31-,32-,33+/m0/s1. The summed E-state index contributed by atoms with van der Waals surface area (Å²) in [4.78, 5) is 26.4. The maximum absolute atomic E-state index is 13.7. The number of aliphatic hydroxyl groups is 1. The number of allylic oxidation sites excluding steroid dienone is 1. The quantitative estimate of drug-likeness (QED) is 0.462. The molecule has 1 aliphatic heterocycles. The van der Waals surface area contributed by atoms with Crippen molar-refractivity contribution in [1.82, 2.24) is 9.13 Å². The Morgan fingerprint density at radius 1 is 1.15 bits per heavy atom. The molecule has 4 N–H and O–H groups in total. The second-order valence-corrected chi connectivity index (χ2v) is 15.1. The van der Waals surface area contributed by atoms with E-state index in [9.17, 15) is 19.8 Å². The number of aromatic nitrogens is 2. The largest absolute Gasteiger partial charge is 0.494 e. The van der Waals surface area contributed by atoms with Crippen LogP contribution in [0.5, 0.6) is 5.88 Å². The fraction of sp³-hybridized carbons (Fsp3) is 0.818. The van der Waals surface area contributed by atoms with E-state index in [2.05, 4.69) is 33.8 Å². The van der Waals surface area contributed by atoms with Crippen LogP contribution in [0.25, 0.3) is 0 Å². The fourth-order valence-electron chi connectivity index (χ4n) is 10.8. The van der Waals surface area contributed by atoms with Gasteiger partial charge in [0.1, 0.15) is 11.2 Å². The third kappa shape index (κ3) is 3.95. The Bertz CT molecular complexity index is 1370. The molecule has 6 rings (SSSR count). The SMILES string of the molecule is C[C@H](CN)CC[C@@]1(c2c(O)n(C)c(=O)n(C)c2=O)O[C@H]2C[C@H]3[C@@H]4CC=C5C[C@H](O)CC[C@]5(C)[C@H]4CC[C@]3(C)[C@H]2[C@@H]1C. The summed E-state index contributed by atoms with van der Waals surface area (Å²) in [6.07, 6.45) is 10.8. The highest BCUT2D eigenvalue weighted by molar-refractivity contribution is 5.34. The topological polar surface area (TPSA) is 120 Å². The molecule has 11 atom stereocenters. The predicted octanol–water partition coefficient (Wildman–Crippen LogP) is 3.94. The van der Waals surface area contributed by atoms with E-state index in [1.807, 2.05) is 0 Å². The van der Waals surface area contributed by atoms with Crippen LogP contribution in [0.4, 0.5) is 0 Å². The molecule has 0 bridgehead atoms. The molecule has 4 aliphatic carbocycles. The van der Waals surface area contributed by atoms with Gasteiger partial charge in [-0.05, 0) is 111 Å². The Morgan fingerprint density at radius 2 is 1.88 bits per heavy atom. The van der Waals surface area contributed by atoms with Crippen LogP contribution in [0.15, 0.2) is 21.2 Å². The number of fused-ring (bicyclic) bond motifs is 7. The Balaban J connectivity index is 1.39. The fourth-order valence-corrected chi connectivity index (χ4v) is 10.8. The van der Waals surface area contributed by atoms with Crippen LogP contribution >= 0.6 is 0 Å². The molecule has 5 aliphatic rings. The zero-order chi connectivity index (χ0) is 29.6. The Morgan fingerprint density at radius 3 is 2.59 bits per heavy atom. The predicted molar refractivity (Wildman–Crippen MR) is 158 cm³/mol. The molecule has 8 nitrogen and oxygen atoms in total. The Labute approximate surface area is 244 Å². The van der Waals surface area contributed by atoms with Gasteiger partial charge in [-0.25, -0.2) is 4.79 Å². The van der Waals surface area contributed by atoms with Crippen molar-refractivity contribution in [3.63, 3.8) is 0 Å². The number of hydrogen-bond acceptors (Lipinski definition) is 6. The van der Waals surface area contributed by atoms with Crippen molar-refractivity contribution in [3.05, 3.63) is 38.1 Å². The van der Waals surface area contributed by atoms with Gasteiger partial charge in [-0.1, -0.05) is 39.3 Å². The van der Waals surface area contributed by atoms with Crippen LogP contribution < -0.4 is 17.0 Å². The minimum Gasteiger partial charge on any atom is -0.494 e. The van der Waals surface area contributed by atoms with Crippen LogP contribution in [0.3, 0.4) is 0 Å². The first-order valence-electron chi connectivity index (χ1n) is 16.0. The molecule has 0 radical (unpaired) electrons. The number of rotatable bonds is 5. The van der Waals surface area contributed by atoms with Gasteiger partial charge in [0.2, 0.25) is 5.88 Å². The molecular formula is C33H51N3O5. The van der Waals surface area contributed by atoms with Crippen molar-refractivity contribution in [2.75, 3.05) is 6.54 Å². The highest BCUT2D eigenvalue weighted by atomic mass is 16.5. The number of aromatic hydroxyl groups is 1. The number of hydrogen-bond donors (Lipinski definition) is 3. The minimum atomic E-state index is -0.973. The second kappa shape index (κ2) is 9.81. The Kier molecular flexibility index (Phi) is 6.99. The summed E-state index contributed by atoms with van der Waals surface area (Å²) in [5.74, 6) is 2.01. The van der Waals surface area contributed by atoms with Gasteiger partial charge in [-0.2, -0.15) is 0 Å². The molecule has 1 aromatic rings. The third-order valence-electron chi connectivity index (χ3n) is 13.3. The van der Waals surface area contributed by atoms with Crippen LogP contribution in [0.2, 0.25) is 0 Å². The summed E-state index contributed by atoms with van der Waals surface area (Å²) in [5.41, 5.74) is 6.02. The lowest BCUT2D eigenvalue weighted by Gasteiger charge is -2.58. The summed E-state index contributed by atoms with van der Waals surface area (Å²) >= 11 is 0. The van der Waals surface area contributed by atoms with Gasteiger partial charge in [0.25, 0.3) is 5.56 Å². The summed E-state index contributed by atoms with van der Waals surface area (Å²) in [6, 6.07) is 0. The molecule has 2 heterocycles. The first kappa shape index (κ1) is 29.2. The van der Waals surface area contributed by atoms with E-state index in [1.54, 1.807) is 0 Å². The molecule has 0 spiro atoms. The van der Waals surface area contributed by atoms with Gasteiger partial charge in [-0.3, -0.25) is 13.9 Å². The van der Waals surface area contributed by atoms with Gasteiger partial charge in [0, 0.05) is 14.1 Å². The van der Waals surface area contributed by atoms with E-state index in [4.69, 9.17) is 10.5 Å². The molecule has 41 heavy (non-hydrogen) atoms. The zero-order valence-corrected chi connectivity index (χ0v) is 25.9. The van der Waals surface area contributed by atoms with E-state index >= 15 is 0 Å². The normalized spacial score (nSPS) is 44.0. The van der Waals surface area contributed by atoms with E-state index in [1.165, 1.54) is 30.7 Å². The van der Waals surface area contributed by atoms with Gasteiger partial charge < -0.3 is 20.7 Å². The smallest absolute Gasteiger partial charge is 0.333 e. The average Bonchev–Trinajstić information content (AvgIpc) is 3.40. The lowest BCUT2D eigenvalue weighted by molar-refractivity contribution is -0.0933. The molecule has 228 valence electrons. The van der Waals surface area contributed by atoms with Crippen molar-refractivity contribution in [1.29, 1.82) is 0 Å². The molecule has 0 unspecified atom stereocenters. The van der Waals surface area contributed by atoms with Crippen molar-refractivity contribution in [3.8, 4) is 5.88 Å². The number of nitrogens with two attached hydrogens (primary N) is 1.